The van der Waals surface area contributed by atoms with E-state index in [0.717, 1.165) is 0 Å². The standard InChI is InChI=1S/C7H7FN2O/c1-5(8)2-7-9-3-6(11)4-10-7/h3-4,11H,1-2H2. The Bertz CT molecular complexity index is 258. The van der Waals surface area contributed by atoms with Crippen LogP contribution in [0.25, 0.3) is 0 Å². The fraction of sp³-hybridized carbons (Fsp3) is 0.143. The molecular formula is C7H7FN2O. The topological polar surface area (TPSA) is 46.0 Å². The van der Waals surface area contributed by atoms with Gasteiger partial charge in [0.05, 0.1) is 18.8 Å². The predicted molar refractivity (Wildman–Crippen MR) is 37.6 cm³/mol. The minimum atomic E-state index is -0.490. The highest BCUT2D eigenvalue weighted by molar-refractivity contribution is 5.11. The lowest BCUT2D eigenvalue weighted by molar-refractivity contribution is 0.468. The van der Waals surface area contributed by atoms with Crippen molar-refractivity contribution in [3.8, 4) is 5.75 Å². The first kappa shape index (κ1) is 7.65. The van der Waals surface area contributed by atoms with Gasteiger partial charge in [-0.05, 0) is 0 Å². The summed E-state index contributed by atoms with van der Waals surface area (Å²) in [5.74, 6) is -0.204. The molecule has 0 atom stereocenters. The second kappa shape index (κ2) is 3.09. The van der Waals surface area contributed by atoms with Crippen molar-refractivity contribution in [3.05, 3.63) is 30.6 Å². The van der Waals surface area contributed by atoms with Gasteiger partial charge in [0.2, 0.25) is 0 Å². The van der Waals surface area contributed by atoms with Crippen LogP contribution in [0.5, 0.6) is 5.75 Å². The lowest BCUT2D eigenvalue weighted by atomic mass is 10.4. The van der Waals surface area contributed by atoms with Crippen LogP contribution in [0.3, 0.4) is 0 Å². The van der Waals surface area contributed by atoms with Gasteiger partial charge in [0.15, 0.2) is 5.75 Å². The van der Waals surface area contributed by atoms with Crippen LogP contribution in [0.1, 0.15) is 5.82 Å². The fourth-order valence-corrected chi connectivity index (χ4v) is 0.611. The molecule has 0 saturated heterocycles. The van der Waals surface area contributed by atoms with E-state index in [1.54, 1.807) is 0 Å². The highest BCUT2D eigenvalue weighted by Crippen LogP contribution is 2.05. The largest absolute Gasteiger partial charge is 0.505 e. The molecule has 0 amide bonds. The molecule has 0 aliphatic carbocycles. The molecule has 11 heavy (non-hydrogen) atoms. The first-order valence-electron chi connectivity index (χ1n) is 3.01. The maximum Gasteiger partial charge on any atom is 0.152 e. The van der Waals surface area contributed by atoms with Gasteiger partial charge in [0.1, 0.15) is 11.7 Å². The van der Waals surface area contributed by atoms with Crippen LogP contribution in [0.2, 0.25) is 0 Å². The summed E-state index contributed by atoms with van der Waals surface area (Å²) in [5, 5.41) is 8.75. The van der Waals surface area contributed by atoms with Crippen molar-refractivity contribution in [2.45, 2.75) is 6.42 Å². The second-order valence-electron chi connectivity index (χ2n) is 2.05. The summed E-state index contributed by atoms with van der Waals surface area (Å²) in [5.41, 5.74) is 0. The van der Waals surface area contributed by atoms with Crippen LogP contribution in [0.4, 0.5) is 4.39 Å². The van der Waals surface area contributed by atoms with Gasteiger partial charge in [-0.25, -0.2) is 14.4 Å². The lowest BCUT2D eigenvalue weighted by Gasteiger charge is -1.94. The average molecular weight is 154 g/mol. The number of hydrogen-bond acceptors (Lipinski definition) is 3. The molecule has 1 aromatic heterocycles. The van der Waals surface area contributed by atoms with Gasteiger partial charge >= 0.3 is 0 Å². The van der Waals surface area contributed by atoms with Crippen molar-refractivity contribution in [1.82, 2.24) is 9.97 Å². The van der Waals surface area contributed by atoms with E-state index in [-0.39, 0.29) is 12.2 Å². The molecule has 1 rings (SSSR count). The average Bonchev–Trinajstić information content (AvgIpc) is 1.93. The zero-order valence-corrected chi connectivity index (χ0v) is 5.79. The Hall–Kier alpha value is -1.45. The molecule has 0 aromatic carbocycles. The number of halogens is 1. The molecule has 3 nitrogen and oxygen atoms in total. The molecule has 58 valence electrons. The number of rotatable bonds is 2. The van der Waals surface area contributed by atoms with E-state index in [2.05, 4.69) is 16.5 Å². The Balaban J connectivity index is 2.74. The minimum Gasteiger partial charge on any atom is -0.505 e. The van der Waals surface area contributed by atoms with Gasteiger partial charge in [-0.1, -0.05) is 6.58 Å². The predicted octanol–water partition coefficient (Wildman–Crippen LogP) is 1.21. The smallest absolute Gasteiger partial charge is 0.152 e. The zero-order valence-electron chi connectivity index (χ0n) is 5.79. The summed E-state index contributed by atoms with van der Waals surface area (Å²) < 4.78 is 12.2. The molecule has 0 saturated carbocycles. The molecule has 0 radical (unpaired) electrons. The maximum atomic E-state index is 12.2. The SMILES string of the molecule is C=C(F)Cc1ncc(O)cn1. The molecule has 1 heterocycles. The van der Waals surface area contributed by atoms with Crippen molar-refractivity contribution in [2.75, 3.05) is 0 Å². The number of hydrogen-bond donors (Lipinski definition) is 1. The van der Waals surface area contributed by atoms with Crippen LogP contribution < -0.4 is 0 Å². The third kappa shape index (κ3) is 2.33. The summed E-state index contributed by atoms with van der Waals surface area (Å²) in [6, 6.07) is 0. The van der Waals surface area contributed by atoms with E-state index >= 15 is 0 Å². The monoisotopic (exact) mass is 154 g/mol. The molecule has 0 bridgehead atoms. The Morgan fingerprint density at radius 2 is 2.09 bits per heavy atom. The van der Waals surface area contributed by atoms with Crippen LogP contribution in [0.15, 0.2) is 24.8 Å². The summed E-state index contributed by atoms with van der Waals surface area (Å²) >= 11 is 0. The minimum absolute atomic E-state index is 0.000278. The molecule has 4 heteroatoms. The van der Waals surface area contributed by atoms with Crippen molar-refractivity contribution in [2.24, 2.45) is 0 Å². The first-order chi connectivity index (χ1) is 5.18. The quantitative estimate of drug-likeness (QED) is 0.696. The van der Waals surface area contributed by atoms with E-state index in [0.29, 0.717) is 5.82 Å². The first-order valence-corrected chi connectivity index (χ1v) is 3.01. The van der Waals surface area contributed by atoms with Crippen molar-refractivity contribution in [1.29, 1.82) is 0 Å². The third-order valence-corrected chi connectivity index (χ3v) is 1.04. The Kier molecular flexibility index (Phi) is 2.15. The van der Waals surface area contributed by atoms with Crippen LogP contribution in [-0.4, -0.2) is 15.1 Å². The Labute approximate surface area is 63.2 Å². The summed E-state index contributed by atoms with van der Waals surface area (Å²) in [4.78, 5) is 7.31. The Morgan fingerprint density at radius 3 is 2.55 bits per heavy atom. The van der Waals surface area contributed by atoms with Crippen LogP contribution >= 0.6 is 0 Å². The molecule has 0 unspecified atom stereocenters. The third-order valence-electron chi connectivity index (χ3n) is 1.04. The highest BCUT2D eigenvalue weighted by atomic mass is 19.1. The summed E-state index contributed by atoms with van der Waals surface area (Å²) in [6.07, 6.45) is 2.43. The van der Waals surface area contributed by atoms with Gasteiger partial charge < -0.3 is 5.11 Å². The van der Waals surface area contributed by atoms with E-state index < -0.39 is 5.83 Å². The Morgan fingerprint density at radius 1 is 1.55 bits per heavy atom. The van der Waals surface area contributed by atoms with Crippen molar-refractivity contribution >= 4 is 0 Å². The van der Waals surface area contributed by atoms with Gasteiger partial charge in [-0.3, -0.25) is 0 Å². The van der Waals surface area contributed by atoms with Crippen LogP contribution in [0, 0.1) is 0 Å². The molecule has 0 spiro atoms. The molecule has 0 aliphatic heterocycles. The van der Waals surface area contributed by atoms with Crippen molar-refractivity contribution < 1.29 is 9.50 Å². The van der Waals surface area contributed by atoms with E-state index in [9.17, 15) is 4.39 Å². The van der Waals surface area contributed by atoms with E-state index in [4.69, 9.17) is 5.11 Å². The second-order valence-corrected chi connectivity index (χ2v) is 2.05. The summed E-state index contributed by atoms with van der Waals surface area (Å²) in [7, 11) is 0. The number of allylic oxidation sites excluding steroid dienone is 1. The zero-order chi connectivity index (χ0) is 8.27. The number of aromatic nitrogens is 2. The van der Waals surface area contributed by atoms with Crippen LogP contribution in [-0.2, 0) is 6.42 Å². The van der Waals surface area contributed by atoms with E-state index in [1.807, 2.05) is 0 Å². The number of nitrogens with zero attached hydrogens (tertiary/aromatic N) is 2. The van der Waals surface area contributed by atoms with Crippen molar-refractivity contribution in [3.63, 3.8) is 0 Å². The molecule has 0 fully saturated rings. The molecular weight excluding hydrogens is 147 g/mol. The molecule has 1 N–H and O–H groups in total. The van der Waals surface area contributed by atoms with Gasteiger partial charge in [0, 0.05) is 0 Å². The normalized spacial score (nSPS) is 9.55. The molecule has 1 aromatic rings. The summed E-state index contributed by atoms with van der Waals surface area (Å²) in [6.45, 7) is 3.06. The van der Waals surface area contributed by atoms with Gasteiger partial charge in [-0.15, -0.1) is 0 Å². The fourth-order valence-electron chi connectivity index (χ4n) is 0.611. The maximum absolute atomic E-state index is 12.2. The highest BCUT2D eigenvalue weighted by Gasteiger charge is 1.98. The van der Waals surface area contributed by atoms with E-state index in [1.165, 1.54) is 12.4 Å². The lowest BCUT2D eigenvalue weighted by Crippen LogP contribution is -1.92. The molecule has 0 aliphatic rings. The van der Waals surface area contributed by atoms with Gasteiger partial charge in [0.25, 0.3) is 0 Å². The number of aromatic hydroxyl groups is 1. The van der Waals surface area contributed by atoms with Gasteiger partial charge in [-0.2, -0.15) is 0 Å².